The first kappa shape index (κ1) is 29.7. The van der Waals surface area contributed by atoms with Crippen LogP contribution in [-0.2, 0) is 4.79 Å². The maximum absolute atomic E-state index is 12.4. The van der Waals surface area contributed by atoms with Crippen LogP contribution in [0.3, 0.4) is 0 Å². The minimum Gasteiger partial charge on any atom is -0.365 e. The third-order valence-corrected chi connectivity index (χ3v) is 5.63. The lowest BCUT2D eigenvalue weighted by Crippen LogP contribution is -2.39. The fourth-order valence-corrected chi connectivity index (χ4v) is 3.71. The van der Waals surface area contributed by atoms with Gasteiger partial charge < -0.3 is 16.0 Å². The van der Waals surface area contributed by atoms with Gasteiger partial charge in [-0.3, -0.25) is 20.2 Å². The van der Waals surface area contributed by atoms with Gasteiger partial charge >= 0.3 is 0 Å². The smallest absolute Gasteiger partial charge is 0.253 e. The van der Waals surface area contributed by atoms with Gasteiger partial charge in [0, 0.05) is 42.6 Å². The van der Waals surface area contributed by atoms with Crippen LogP contribution in [0.25, 0.3) is 5.70 Å². The molecule has 0 fully saturated rings. The molecular weight excluding hydrogens is 472 g/mol. The summed E-state index contributed by atoms with van der Waals surface area (Å²) in [6.45, 7) is 13.9. The van der Waals surface area contributed by atoms with E-state index in [9.17, 15) is 4.79 Å². The van der Waals surface area contributed by atoms with Crippen LogP contribution < -0.4 is 11.1 Å². The van der Waals surface area contributed by atoms with E-state index in [4.69, 9.17) is 11.1 Å². The van der Waals surface area contributed by atoms with Crippen LogP contribution in [0.1, 0.15) is 44.4 Å². The lowest BCUT2D eigenvalue weighted by atomic mass is 10.1. The Morgan fingerprint density at radius 2 is 1.84 bits per heavy atom. The number of hydrogen-bond donors (Lipinski definition) is 3. The van der Waals surface area contributed by atoms with Crippen molar-refractivity contribution in [2.45, 2.75) is 40.7 Å². The Morgan fingerprint density at radius 3 is 2.39 bits per heavy atom. The lowest BCUT2D eigenvalue weighted by Gasteiger charge is -2.31. The van der Waals surface area contributed by atoms with E-state index in [-0.39, 0.29) is 17.5 Å². The summed E-state index contributed by atoms with van der Waals surface area (Å²) in [7, 11) is 1.74. The maximum atomic E-state index is 12.4. The predicted octanol–water partition coefficient (Wildman–Crippen LogP) is 6.10. The first-order valence-electron chi connectivity index (χ1n) is 12.4. The van der Waals surface area contributed by atoms with Gasteiger partial charge in [0.05, 0.1) is 11.3 Å². The Bertz CT molecular complexity index is 1310. The summed E-state index contributed by atoms with van der Waals surface area (Å²) < 4.78 is 0. The number of primary amides is 1. The summed E-state index contributed by atoms with van der Waals surface area (Å²) in [6, 6.07) is 15.3. The average Bonchev–Trinajstić information content (AvgIpc) is 2.87. The minimum atomic E-state index is -0.707. The van der Waals surface area contributed by atoms with Gasteiger partial charge in [-0.05, 0) is 76.1 Å². The molecule has 0 radical (unpaired) electrons. The standard InChI is InChI=1S/C31H38N6O/c1-8-9-17-35-23(5)19-29(34-7)25-13-15-27(16-14-25)36-20-28(31(33)38)30(32)37(21(2)3)24(6)26-12-10-11-22(4)18-26/h8-21,32,36H,6H2,1-5,7H3,(H2,33,38)/b9-8-,23-19+,28-20+,32-30?,34-29?,35-17-. The Hall–Kier alpha value is -4.52. The van der Waals surface area contributed by atoms with Gasteiger partial charge in [0.1, 0.15) is 5.84 Å². The van der Waals surface area contributed by atoms with Crippen LogP contribution in [0.4, 0.5) is 5.69 Å². The molecule has 0 aromatic heterocycles. The van der Waals surface area contributed by atoms with Gasteiger partial charge in [-0.25, -0.2) is 0 Å². The number of allylic oxidation sites excluding steroid dienone is 4. The number of amides is 1. The van der Waals surface area contributed by atoms with Crippen molar-refractivity contribution in [2.24, 2.45) is 15.7 Å². The second kappa shape index (κ2) is 14.3. The number of nitrogens with one attached hydrogen (secondary N) is 2. The van der Waals surface area contributed by atoms with Crippen molar-refractivity contribution in [1.82, 2.24) is 4.90 Å². The highest BCUT2D eigenvalue weighted by Gasteiger charge is 2.24. The molecule has 0 aliphatic rings. The first-order valence-corrected chi connectivity index (χ1v) is 12.4. The van der Waals surface area contributed by atoms with E-state index < -0.39 is 5.91 Å². The van der Waals surface area contributed by atoms with Crippen LogP contribution in [0, 0.1) is 12.3 Å². The highest BCUT2D eigenvalue weighted by molar-refractivity contribution is 6.20. The number of nitrogens with zero attached hydrogens (tertiary/aromatic N) is 3. The molecule has 7 nitrogen and oxygen atoms in total. The van der Waals surface area contributed by atoms with Crippen LogP contribution >= 0.6 is 0 Å². The van der Waals surface area contributed by atoms with E-state index in [0.717, 1.165) is 33.8 Å². The third-order valence-electron chi connectivity index (χ3n) is 5.63. The number of benzene rings is 2. The van der Waals surface area contributed by atoms with Gasteiger partial charge in [0.15, 0.2) is 0 Å². The number of aryl methyl sites for hydroxylation is 1. The summed E-state index contributed by atoms with van der Waals surface area (Å²) >= 11 is 0. The molecule has 0 saturated carbocycles. The van der Waals surface area contributed by atoms with E-state index in [1.54, 1.807) is 18.2 Å². The van der Waals surface area contributed by atoms with Crippen molar-refractivity contribution >= 4 is 35.1 Å². The number of carbonyl (C=O) groups excluding carboxylic acids is 1. The summed E-state index contributed by atoms with van der Waals surface area (Å²) in [5.74, 6) is -0.732. The monoisotopic (exact) mass is 510 g/mol. The van der Waals surface area contributed by atoms with Crippen molar-refractivity contribution in [3.63, 3.8) is 0 Å². The number of hydrogen-bond acceptors (Lipinski definition) is 5. The van der Waals surface area contributed by atoms with Crippen LogP contribution in [0.5, 0.6) is 0 Å². The second-order valence-electron chi connectivity index (χ2n) is 8.97. The molecule has 2 rings (SSSR count). The molecular formula is C31H38N6O. The predicted molar refractivity (Wildman–Crippen MR) is 162 cm³/mol. The molecule has 0 aliphatic carbocycles. The number of aliphatic imine (C=N–C) groups is 2. The van der Waals surface area contributed by atoms with Crippen LogP contribution in [-0.4, -0.2) is 41.7 Å². The molecule has 0 bridgehead atoms. The Labute approximate surface area is 226 Å². The topological polar surface area (TPSA) is 107 Å². The summed E-state index contributed by atoms with van der Waals surface area (Å²) in [5, 5.41) is 11.9. The molecule has 38 heavy (non-hydrogen) atoms. The van der Waals surface area contributed by atoms with Crippen molar-refractivity contribution in [3.05, 3.63) is 107 Å². The van der Waals surface area contributed by atoms with Gasteiger partial charge in [0.2, 0.25) is 0 Å². The zero-order valence-electron chi connectivity index (χ0n) is 23.1. The highest BCUT2D eigenvalue weighted by atomic mass is 16.1. The molecule has 0 atom stereocenters. The Balaban J connectivity index is 2.27. The molecule has 198 valence electrons. The first-order chi connectivity index (χ1) is 18.1. The molecule has 0 unspecified atom stereocenters. The van der Waals surface area contributed by atoms with Gasteiger partial charge in [0.25, 0.3) is 5.91 Å². The van der Waals surface area contributed by atoms with Gasteiger partial charge in [-0.2, -0.15) is 0 Å². The van der Waals surface area contributed by atoms with Crippen molar-refractivity contribution in [1.29, 1.82) is 5.41 Å². The van der Waals surface area contributed by atoms with E-state index in [1.165, 1.54) is 6.20 Å². The van der Waals surface area contributed by atoms with Gasteiger partial charge in [-0.15, -0.1) is 0 Å². The van der Waals surface area contributed by atoms with E-state index in [2.05, 4.69) is 21.9 Å². The summed E-state index contributed by atoms with van der Waals surface area (Å²) in [5.41, 5.74) is 11.6. The van der Waals surface area contributed by atoms with Crippen molar-refractivity contribution < 1.29 is 4.79 Å². The molecule has 1 amide bonds. The molecule has 2 aromatic rings. The van der Waals surface area contributed by atoms with Gasteiger partial charge in [-0.1, -0.05) is 48.6 Å². The van der Waals surface area contributed by atoms with Crippen molar-refractivity contribution in [2.75, 3.05) is 12.4 Å². The van der Waals surface area contributed by atoms with Crippen molar-refractivity contribution in [3.8, 4) is 0 Å². The summed E-state index contributed by atoms with van der Waals surface area (Å²) in [6.07, 6.45) is 8.90. The second-order valence-corrected chi connectivity index (χ2v) is 8.97. The zero-order chi connectivity index (χ0) is 28.2. The Kier molecular flexibility index (Phi) is 11.2. The van der Waals surface area contributed by atoms with E-state index in [1.807, 2.05) is 101 Å². The molecule has 7 heteroatoms. The molecule has 0 saturated heterocycles. The Morgan fingerprint density at radius 1 is 1.16 bits per heavy atom. The maximum Gasteiger partial charge on any atom is 0.253 e. The number of amidine groups is 1. The largest absolute Gasteiger partial charge is 0.365 e. The van der Waals surface area contributed by atoms with Crippen LogP contribution in [0.2, 0.25) is 0 Å². The lowest BCUT2D eigenvalue weighted by molar-refractivity contribution is -0.114. The quantitative estimate of drug-likeness (QED) is 0.193. The fourth-order valence-electron chi connectivity index (χ4n) is 3.71. The molecule has 4 N–H and O–H groups in total. The number of nitrogens with two attached hydrogens (primary N) is 1. The van der Waals surface area contributed by atoms with E-state index >= 15 is 0 Å². The highest BCUT2D eigenvalue weighted by Crippen LogP contribution is 2.23. The SMILES string of the molecule is C=C(c1cccc(C)c1)N(C(=N)/C(=C\Nc1ccc(C(/C=C(C)/N=C\C=C/C)=NC)cc1)C(N)=O)C(C)C. The minimum absolute atomic E-state index is 0.0254. The summed E-state index contributed by atoms with van der Waals surface area (Å²) in [4.78, 5) is 22.8. The number of carbonyl (C=O) groups is 1. The zero-order valence-corrected chi connectivity index (χ0v) is 23.1. The fraction of sp³-hybridized carbons (Fsp3) is 0.226. The molecule has 2 aromatic carbocycles. The number of rotatable bonds is 11. The molecule has 0 heterocycles. The average molecular weight is 511 g/mol. The molecule has 0 aliphatic heterocycles. The third kappa shape index (κ3) is 8.27. The van der Waals surface area contributed by atoms with E-state index in [0.29, 0.717) is 5.70 Å². The normalized spacial score (nSPS) is 12.9. The van der Waals surface area contributed by atoms with Crippen LogP contribution in [0.15, 0.2) is 101 Å². The molecule has 0 spiro atoms. The number of anilines is 1.